The number of pyridine rings is 1. The van der Waals surface area contributed by atoms with Crippen LogP contribution in [-0.4, -0.2) is 28.1 Å². The molecule has 96 valence electrons. The fourth-order valence-corrected chi connectivity index (χ4v) is 1.62. The van der Waals surface area contributed by atoms with Crippen molar-refractivity contribution in [2.24, 2.45) is 5.92 Å². The summed E-state index contributed by atoms with van der Waals surface area (Å²) in [6.45, 7) is 0.608. The van der Waals surface area contributed by atoms with E-state index in [9.17, 15) is 14.4 Å². The molecule has 2 N–H and O–H groups in total. The van der Waals surface area contributed by atoms with Crippen LogP contribution in [0.2, 0.25) is 0 Å². The van der Waals surface area contributed by atoms with Crippen LogP contribution in [0.15, 0.2) is 23.1 Å². The lowest BCUT2D eigenvalue weighted by atomic mass is 10.3. The number of carboxylic acid groups (broad SMARTS) is 1. The minimum atomic E-state index is -1.08. The van der Waals surface area contributed by atoms with Gasteiger partial charge in [0.05, 0.1) is 5.56 Å². The van der Waals surface area contributed by atoms with Gasteiger partial charge in [-0.15, -0.1) is 0 Å². The molecule has 1 aliphatic carbocycles. The summed E-state index contributed by atoms with van der Waals surface area (Å²) >= 11 is 0. The van der Waals surface area contributed by atoms with Gasteiger partial charge in [0, 0.05) is 31.3 Å². The third-order valence-corrected chi connectivity index (χ3v) is 2.83. The molecule has 0 saturated heterocycles. The van der Waals surface area contributed by atoms with Crippen molar-refractivity contribution in [3.8, 4) is 0 Å². The molecule has 1 amide bonds. The predicted octanol–water partition coefficient (Wildman–Crippen LogP) is 0.0727. The van der Waals surface area contributed by atoms with Gasteiger partial charge in [-0.05, 0) is 18.9 Å². The van der Waals surface area contributed by atoms with Crippen molar-refractivity contribution in [2.45, 2.75) is 19.4 Å². The Morgan fingerprint density at radius 3 is 2.72 bits per heavy atom. The number of aromatic carboxylic acids is 1. The molecule has 6 heteroatoms. The summed E-state index contributed by atoms with van der Waals surface area (Å²) < 4.78 is 1.29. The lowest BCUT2D eigenvalue weighted by Crippen LogP contribution is -2.31. The van der Waals surface area contributed by atoms with Crippen LogP contribution in [-0.2, 0) is 11.3 Å². The first-order chi connectivity index (χ1) is 8.58. The first-order valence-electron chi connectivity index (χ1n) is 5.79. The number of carbonyl (C=O) groups excluding carboxylic acids is 1. The van der Waals surface area contributed by atoms with Crippen LogP contribution in [0.1, 0.15) is 23.2 Å². The molecule has 0 aliphatic heterocycles. The molecule has 0 radical (unpaired) electrons. The first-order valence-corrected chi connectivity index (χ1v) is 5.79. The maximum Gasteiger partial charge on any atom is 0.337 e. The minimum absolute atomic E-state index is 0.0115. The molecule has 1 saturated carbocycles. The Bertz CT molecular complexity index is 531. The zero-order chi connectivity index (χ0) is 13.1. The molecule has 1 aromatic rings. The summed E-state index contributed by atoms with van der Waals surface area (Å²) in [5, 5.41) is 11.5. The predicted molar refractivity (Wildman–Crippen MR) is 63.4 cm³/mol. The van der Waals surface area contributed by atoms with Gasteiger partial charge in [0.1, 0.15) is 0 Å². The van der Waals surface area contributed by atoms with Crippen molar-refractivity contribution in [1.82, 2.24) is 9.88 Å². The van der Waals surface area contributed by atoms with E-state index in [1.165, 1.54) is 22.9 Å². The van der Waals surface area contributed by atoms with Gasteiger partial charge in [0.15, 0.2) is 0 Å². The summed E-state index contributed by atoms with van der Waals surface area (Å²) in [4.78, 5) is 33.6. The molecule has 0 bridgehead atoms. The lowest BCUT2D eigenvalue weighted by Gasteiger charge is -2.07. The molecule has 18 heavy (non-hydrogen) atoms. The van der Waals surface area contributed by atoms with E-state index in [2.05, 4.69) is 5.32 Å². The van der Waals surface area contributed by atoms with E-state index in [1.807, 2.05) is 0 Å². The van der Waals surface area contributed by atoms with Gasteiger partial charge in [0.2, 0.25) is 5.91 Å². The molecule has 1 fully saturated rings. The molecule has 0 spiro atoms. The molecule has 0 aromatic carbocycles. The normalized spacial score (nSPS) is 14.2. The number of amides is 1. The Morgan fingerprint density at radius 1 is 1.39 bits per heavy atom. The highest BCUT2D eigenvalue weighted by molar-refractivity contribution is 5.87. The van der Waals surface area contributed by atoms with Crippen molar-refractivity contribution in [3.63, 3.8) is 0 Å². The number of carboxylic acids is 1. The van der Waals surface area contributed by atoms with Crippen molar-refractivity contribution in [1.29, 1.82) is 0 Å². The standard InChI is InChI=1S/C12H14N2O4/c15-10-4-3-9(12(17)18)7-14(10)6-5-13-11(16)8-1-2-8/h3-4,7-8H,1-2,5-6H2,(H,13,16)(H,17,18). The molecule has 1 aliphatic rings. The quantitative estimate of drug-likeness (QED) is 0.774. The highest BCUT2D eigenvalue weighted by Crippen LogP contribution is 2.28. The number of hydrogen-bond acceptors (Lipinski definition) is 3. The van der Waals surface area contributed by atoms with Crippen LogP contribution in [0.4, 0.5) is 0 Å². The third kappa shape index (κ3) is 2.97. The molecule has 6 nitrogen and oxygen atoms in total. The van der Waals surface area contributed by atoms with E-state index in [0.717, 1.165) is 12.8 Å². The Kier molecular flexibility index (Phi) is 3.45. The average molecular weight is 250 g/mol. The molecule has 2 rings (SSSR count). The maximum absolute atomic E-state index is 11.5. The zero-order valence-corrected chi connectivity index (χ0v) is 9.76. The van der Waals surface area contributed by atoms with E-state index in [4.69, 9.17) is 5.11 Å². The van der Waals surface area contributed by atoms with Crippen LogP contribution in [0.5, 0.6) is 0 Å². The molecule has 1 aromatic heterocycles. The SMILES string of the molecule is O=C(O)c1ccc(=O)n(CCNC(=O)C2CC2)c1. The van der Waals surface area contributed by atoms with Crippen molar-refractivity contribution >= 4 is 11.9 Å². The maximum atomic E-state index is 11.5. The number of rotatable bonds is 5. The third-order valence-electron chi connectivity index (χ3n) is 2.83. The summed E-state index contributed by atoms with van der Waals surface area (Å²) in [7, 11) is 0. The average Bonchev–Trinajstić information content (AvgIpc) is 3.15. The minimum Gasteiger partial charge on any atom is -0.478 e. The van der Waals surface area contributed by atoms with Gasteiger partial charge in [0.25, 0.3) is 5.56 Å². The molecule has 0 unspecified atom stereocenters. The van der Waals surface area contributed by atoms with E-state index in [1.54, 1.807) is 0 Å². The Hall–Kier alpha value is -2.11. The van der Waals surface area contributed by atoms with Gasteiger partial charge >= 0.3 is 5.97 Å². The number of hydrogen-bond donors (Lipinski definition) is 2. The molecular weight excluding hydrogens is 236 g/mol. The largest absolute Gasteiger partial charge is 0.478 e. The van der Waals surface area contributed by atoms with E-state index < -0.39 is 5.97 Å². The topological polar surface area (TPSA) is 88.4 Å². The Morgan fingerprint density at radius 2 is 2.11 bits per heavy atom. The number of carbonyl (C=O) groups is 2. The van der Waals surface area contributed by atoms with Gasteiger partial charge < -0.3 is 15.0 Å². The van der Waals surface area contributed by atoms with Crippen LogP contribution in [0.25, 0.3) is 0 Å². The highest BCUT2D eigenvalue weighted by Gasteiger charge is 2.28. The van der Waals surface area contributed by atoms with Gasteiger partial charge in [-0.3, -0.25) is 9.59 Å². The van der Waals surface area contributed by atoms with Crippen LogP contribution in [0.3, 0.4) is 0 Å². The van der Waals surface area contributed by atoms with Gasteiger partial charge in [-0.1, -0.05) is 0 Å². The number of aromatic nitrogens is 1. The van der Waals surface area contributed by atoms with Crippen molar-refractivity contribution < 1.29 is 14.7 Å². The first kappa shape index (κ1) is 12.3. The summed E-state index contributed by atoms with van der Waals surface area (Å²) in [6, 6.07) is 2.48. The van der Waals surface area contributed by atoms with Crippen LogP contribution in [0, 0.1) is 5.92 Å². The monoisotopic (exact) mass is 250 g/mol. The fraction of sp³-hybridized carbons (Fsp3) is 0.417. The van der Waals surface area contributed by atoms with E-state index in [-0.39, 0.29) is 29.5 Å². The number of nitrogens with one attached hydrogen (secondary N) is 1. The second-order valence-electron chi connectivity index (χ2n) is 4.32. The van der Waals surface area contributed by atoms with E-state index in [0.29, 0.717) is 6.54 Å². The summed E-state index contributed by atoms with van der Waals surface area (Å²) in [6.07, 6.45) is 3.15. The Balaban J connectivity index is 1.95. The van der Waals surface area contributed by atoms with E-state index >= 15 is 0 Å². The van der Waals surface area contributed by atoms with Crippen molar-refractivity contribution in [3.05, 3.63) is 34.2 Å². The second kappa shape index (κ2) is 5.03. The highest BCUT2D eigenvalue weighted by atomic mass is 16.4. The zero-order valence-electron chi connectivity index (χ0n) is 9.76. The van der Waals surface area contributed by atoms with Crippen LogP contribution >= 0.6 is 0 Å². The van der Waals surface area contributed by atoms with Crippen molar-refractivity contribution in [2.75, 3.05) is 6.54 Å². The second-order valence-corrected chi connectivity index (χ2v) is 4.32. The molecular formula is C12H14N2O4. The Labute approximate surface area is 103 Å². The van der Waals surface area contributed by atoms with Crippen LogP contribution < -0.4 is 10.9 Å². The van der Waals surface area contributed by atoms with Gasteiger partial charge in [-0.25, -0.2) is 4.79 Å². The summed E-state index contributed by atoms with van der Waals surface area (Å²) in [5.74, 6) is -0.935. The lowest BCUT2D eigenvalue weighted by molar-refractivity contribution is -0.122. The molecule has 0 atom stereocenters. The number of nitrogens with zero attached hydrogens (tertiary/aromatic N) is 1. The van der Waals surface area contributed by atoms with Gasteiger partial charge in [-0.2, -0.15) is 0 Å². The summed E-state index contributed by atoms with van der Waals surface area (Å²) in [5.41, 5.74) is -0.219. The smallest absolute Gasteiger partial charge is 0.337 e. The fourth-order valence-electron chi connectivity index (χ4n) is 1.62. The molecule has 1 heterocycles.